The lowest BCUT2D eigenvalue weighted by Crippen LogP contribution is -2.66. The molecule has 11 nitrogen and oxygen atoms in total. The summed E-state index contributed by atoms with van der Waals surface area (Å²) in [5.74, 6) is 2.94. The largest absolute Gasteiger partial charge is 0.282 e. The number of anilines is 2. The van der Waals surface area contributed by atoms with Gasteiger partial charge in [-0.1, -0.05) is 57.3 Å². The zero-order valence-electron chi connectivity index (χ0n) is 18.9. The van der Waals surface area contributed by atoms with Crippen LogP contribution in [0, 0.1) is 0 Å². The van der Waals surface area contributed by atoms with Crippen molar-refractivity contribution in [3.63, 3.8) is 0 Å². The number of carbonyl (C=O) groups is 1. The Morgan fingerprint density at radius 3 is 2.18 bits per heavy atom. The molecule has 17 heteroatoms. The fourth-order valence-corrected chi connectivity index (χ4v) is 5.97. The maximum absolute atomic E-state index is 12.9. The smallest absolute Gasteiger partial charge is 0.280 e. The standard InChI is InChI=1S/C21H16Cl4N6O5S2/c22-14-5-4-11(29-37(33,34)12-2-1-3-13(7-12)38(35,36)30-26)6-18(14)27-20-10-21(32)31(28-20)19-9-16(24)15(23)8-17(19)25/h1-9,29-30H,10,26H2,(H,27,28)/p+1. The Morgan fingerprint density at radius 1 is 0.842 bits per heavy atom. The number of nitrogens with one attached hydrogen (secondary N) is 3. The van der Waals surface area contributed by atoms with Crippen molar-refractivity contribution in [1.29, 1.82) is 0 Å². The first kappa shape index (κ1) is 28.4. The van der Waals surface area contributed by atoms with Crippen LogP contribution in [-0.4, -0.2) is 28.6 Å². The maximum atomic E-state index is 12.9. The number of hydrazine groups is 1. The lowest BCUT2D eigenvalue weighted by molar-refractivity contribution is -0.411. The number of nitrogens with zero attached hydrogens (tertiary/aromatic N) is 2. The number of halogens is 4. The van der Waals surface area contributed by atoms with Gasteiger partial charge >= 0.3 is 0 Å². The minimum Gasteiger partial charge on any atom is -0.280 e. The van der Waals surface area contributed by atoms with Gasteiger partial charge in [0.05, 0.1) is 53.4 Å². The number of amidine groups is 1. The first-order valence-corrected chi connectivity index (χ1v) is 14.8. The second kappa shape index (κ2) is 10.9. The average Bonchev–Trinajstić information content (AvgIpc) is 3.23. The highest BCUT2D eigenvalue weighted by atomic mass is 35.5. The summed E-state index contributed by atoms with van der Waals surface area (Å²) in [6.45, 7) is 0. The summed E-state index contributed by atoms with van der Waals surface area (Å²) in [4.78, 5) is 18.3. The molecule has 0 radical (unpaired) electrons. The number of carbonyl (C=O) groups excluding carboxylic acids is 1. The van der Waals surface area contributed by atoms with E-state index in [4.69, 9.17) is 46.4 Å². The van der Waals surface area contributed by atoms with Crippen LogP contribution in [0.25, 0.3) is 0 Å². The minimum atomic E-state index is -4.20. The zero-order valence-corrected chi connectivity index (χ0v) is 23.5. The van der Waals surface area contributed by atoms with Gasteiger partial charge in [0, 0.05) is 0 Å². The quantitative estimate of drug-likeness (QED) is 0.228. The van der Waals surface area contributed by atoms with Gasteiger partial charge in [-0.2, -0.15) is 0 Å². The number of sulfonamides is 2. The molecule has 4 rings (SSSR count). The predicted octanol–water partition coefficient (Wildman–Crippen LogP) is 3.51. The predicted molar refractivity (Wildman–Crippen MR) is 146 cm³/mol. The van der Waals surface area contributed by atoms with Crippen molar-refractivity contribution in [2.75, 3.05) is 9.73 Å². The Hall–Kier alpha value is -2.62. The van der Waals surface area contributed by atoms with Crippen LogP contribution in [0.4, 0.5) is 17.1 Å². The van der Waals surface area contributed by atoms with Crippen molar-refractivity contribution in [3.8, 4) is 0 Å². The van der Waals surface area contributed by atoms with E-state index in [1.807, 2.05) is 4.83 Å². The molecule has 38 heavy (non-hydrogen) atoms. The number of aliphatic imine (C=N–C) groups is 1. The van der Waals surface area contributed by atoms with Crippen LogP contribution in [0.3, 0.4) is 0 Å². The third kappa shape index (κ3) is 6.00. The third-order valence-electron chi connectivity index (χ3n) is 5.11. The first-order chi connectivity index (χ1) is 17.8. The second-order valence-corrected chi connectivity index (χ2v) is 12.8. The summed E-state index contributed by atoms with van der Waals surface area (Å²) >= 11 is 24.5. The van der Waals surface area contributed by atoms with Gasteiger partial charge in [0.1, 0.15) is 5.84 Å². The van der Waals surface area contributed by atoms with Gasteiger partial charge in [-0.25, -0.2) is 26.8 Å². The van der Waals surface area contributed by atoms with E-state index in [9.17, 15) is 21.6 Å². The molecular formula is C21H17Cl4N6O5S2+. The molecule has 3 aromatic carbocycles. The minimum absolute atomic E-state index is 0.0889. The Morgan fingerprint density at radius 2 is 1.50 bits per heavy atom. The van der Waals surface area contributed by atoms with Crippen molar-refractivity contribution in [2.24, 2.45) is 4.99 Å². The molecule has 1 aliphatic rings. The Labute approximate surface area is 237 Å². The van der Waals surface area contributed by atoms with E-state index in [0.29, 0.717) is 0 Å². The highest BCUT2D eigenvalue weighted by Gasteiger charge is 2.29. The molecule has 3 aromatic rings. The van der Waals surface area contributed by atoms with Crippen LogP contribution >= 0.6 is 46.4 Å². The first-order valence-electron chi connectivity index (χ1n) is 10.3. The molecule has 1 saturated heterocycles. The molecule has 200 valence electrons. The Bertz CT molecular complexity index is 1700. The molecule has 1 amide bonds. The van der Waals surface area contributed by atoms with Gasteiger partial charge in [0.25, 0.3) is 26.0 Å². The van der Waals surface area contributed by atoms with Gasteiger partial charge in [0.2, 0.25) is 0 Å². The molecule has 1 aliphatic heterocycles. The fraction of sp³-hybridized carbons (Fsp3) is 0.0476. The van der Waals surface area contributed by atoms with Gasteiger partial charge in [-0.15, -0.1) is 0 Å². The summed E-state index contributed by atoms with van der Waals surface area (Å²) < 4.78 is 52.2. The number of benzene rings is 3. The normalized spacial score (nSPS) is 15.1. The van der Waals surface area contributed by atoms with Gasteiger partial charge < -0.3 is 0 Å². The molecule has 0 atom stereocenters. The summed E-state index contributed by atoms with van der Waals surface area (Å²) in [5.41, 5.74) is 3.33. The molecule has 0 aromatic heterocycles. The van der Waals surface area contributed by atoms with Gasteiger partial charge in [-0.3, -0.25) is 20.8 Å². The van der Waals surface area contributed by atoms with Crippen molar-refractivity contribution in [1.82, 2.24) is 10.3 Å². The summed E-state index contributed by atoms with van der Waals surface area (Å²) in [5, 5.41) is 1.93. The summed E-state index contributed by atoms with van der Waals surface area (Å²) in [7, 11) is -8.16. The van der Waals surface area contributed by atoms with Crippen molar-refractivity contribution >= 4 is 95.3 Å². The molecule has 1 heterocycles. The SMILES string of the molecule is [NH3+]NS(=O)(=O)c1cccc(S(=O)(=O)Nc2ccc(Cl)c(N=C3CC(=O)N(c4cc(Cl)c(Cl)cc4Cl)N3)c2)c1. The van der Waals surface area contributed by atoms with Gasteiger partial charge in [-0.05, 0) is 48.5 Å². The molecule has 0 unspecified atom stereocenters. The molecule has 0 bridgehead atoms. The van der Waals surface area contributed by atoms with Crippen LogP contribution in [-0.2, 0) is 24.8 Å². The molecule has 0 aliphatic carbocycles. The molecule has 1 fully saturated rings. The van der Waals surface area contributed by atoms with E-state index in [2.05, 4.69) is 21.0 Å². The van der Waals surface area contributed by atoms with Crippen molar-refractivity contribution in [2.45, 2.75) is 16.2 Å². The lowest BCUT2D eigenvalue weighted by atomic mass is 10.3. The maximum Gasteiger partial charge on any atom is 0.282 e. The zero-order chi connectivity index (χ0) is 27.8. The van der Waals surface area contributed by atoms with E-state index < -0.39 is 20.0 Å². The number of hydrogen-bond acceptors (Lipinski definition) is 6. The summed E-state index contributed by atoms with van der Waals surface area (Å²) in [6.07, 6.45) is -0.134. The molecular weight excluding hydrogens is 622 g/mol. The van der Waals surface area contributed by atoms with E-state index in [1.54, 1.807) is 0 Å². The highest BCUT2D eigenvalue weighted by molar-refractivity contribution is 7.93. The Kier molecular flexibility index (Phi) is 8.12. The number of amides is 1. The van der Waals surface area contributed by atoms with Crippen LogP contribution in [0.5, 0.6) is 0 Å². The van der Waals surface area contributed by atoms with Crippen LogP contribution in [0.15, 0.2) is 69.4 Å². The third-order valence-corrected chi connectivity index (χ3v) is 9.09. The molecule has 6 N–H and O–H groups in total. The molecule has 0 saturated carbocycles. The van der Waals surface area contributed by atoms with Crippen LogP contribution in [0.2, 0.25) is 20.1 Å². The average molecular weight is 639 g/mol. The van der Waals surface area contributed by atoms with E-state index in [0.717, 1.165) is 11.1 Å². The van der Waals surface area contributed by atoms with E-state index in [1.165, 1.54) is 48.5 Å². The monoisotopic (exact) mass is 637 g/mol. The number of quaternary nitrogens is 1. The second-order valence-electron chi connectivity index (χ2n) is 7.69. The lowest BCUT2D eigenvalue weighted by Gasteiger charge is -2.18. The number of hydrogen-bond donors (Lipinski definition) is 4. The van der Waals surface area contributed by atoms with E-state index in [-0.39, 0.29) is 65.1 Å². The molecule has 0 spiro atoms. The van der Waals surface area contributed by atoms with E-state index >= 15 is 0 Å². The summed E-state index contributed by atoms with van der Waals surface area (Å²) in [6, 6.07) is 11.7. The Balaban J connectivity index is 1.60. The topological polar surface area (TPSA) is 165 Å². The fourth-order valence-electron chi connectivity index (χ4n) is 3.31. The number of rotatable bonds is 7. The van der Waals surface area contributed by atoms with Gasteiger partial charge in [0.15, 0.2) is 0 Å². The van der Waals surface area contributed by atoms with Crippen LogP contribution < -0.4 is 25.8 Å². The van der Waals surface area contributed by atoms with Crippen molar-refractivity contribution in [3.05, 3.63) is 74.7 Å². The van der Waals surface area contributed by atoms with Crippen LogP contribution in [0.1, 0.15) is 6.42 Å². The van der Waals surface area contributed by atoms with Crippen molar-refractivity contribution < 1.29 is 27.5 Å². The highest BCUT2D eigenvalue weighted by Crippen LogP contribution is 2.36.